The summed E-state index contributed by atoms with van der Waals surface area (Å²) in [6, 6.07) is 8.16. The molecular weight excluding hydrogens is 270 g/mol. The summed E-state index contributed by atoms with van der Waals surface area (Å²) in [5, 5.41) is 4.15. The summed E-state index contributed by atoms with van der Waals surface area (Å²) in [5.41, 5.74) is 8.37. The summed E-state index contributed by atoms with van der Waals surface area (Å²) >= 11 is 1.68. The fourth-order valence-electron chi connectivity index (χ4n) is 1.93. The number of rotatable bonds is 7. The summed E-state index contributed by atoms with van der Waals surface area (Å²) in [7, 11) is 1.66. The monoisotopic (exact) mass is 291 g/mol. The number of methoxy groups -OCH3 is 1. The van der Waals surface area contributed by atoms with Crippen molar-refractivity contribution >= 4 is 11.3 Å². The molecule has 0 bridgehead atoms. The Kier molecular flexibility index (Phi) is 5.44. The molecule has 1 unspecified atom stereocenters. The number of hydrogen-bond acceptors (Lipinski definition) is 4. The average molecular weight is 291 g/mol. The summed E-state index contributed by atoms with van der Waals surface area (Å²) in [6.07, 6.45) is 1.77. The summed E-state index contributed by atoms with van der Waals surface area (Å²) < 4.78 is 11.2. The van der Waals surface area contributed by atoms with E-state index in [1.165, 1.54) is 5.56 Å². The highest BCUT2D eigenvalue weighted by Crippen LogP contribution is 2.27. The van der Waals surface area contributed by atoms with Crippen molar-refractivity contribution in [2.24, 2.45) is 5.73 Å². The maximum atomic E-state index is 6.05. The smallest absolute Gasteiger partial charge is 0.126 e. The number of nitrogens with two attached hydrogens (primary N) is 1. The molecule has 4 heteroatoms. The number of ether oxygens (including phenoxy) is 2. The molecule has 2 N–H and O–H groups in total. The second-order valence-electron chi connectivity index (χ2n) is 4.77. The van der Waals surface area contributed by atoms with Crippen molar-refractivity contribution in [2.75, 3.05) is 7.11 Å². The predicted molar refractivity (Wildman–Crippen MR) is 83.6 cm³/mol. The molecule has 2 aromatic rings. The van der Waals surface area contributed by atoms with Crippen molar-refractivity contribution in [3.05, 3.63) is 46.2 Å². The number of benzene rings is 1. The minimum Gasteiger partial charge on any atom is -0.497 e. The van der Waals surface area contributed by atoms with Gasteiger partial charge in [-0.25, -0.2) is 0 Å². The van der Waals surface area contributed by atoms with Crippen LogP contribution in [-0.2, 0) is 13.0 Å². The molecule has 108 valence electrons. The van der Waals surface area contributed by atoms with Crippen LogP contribution in [0.2, 0.25) is 0 Å². The first-order chi connectivity index (χ1) is 9.72. The number of hydrogen-bond donors (Lipinski definition) is 1. The van der Waals surface area contributed by atoms with E-state index in [9.17, 15) is 0 Å². The second-order valence-corrected chi connectivity index (χ2v) is 5.55. The van der Waals surface area contributed by atoms with Crippen molar-refractivity contribution in [3.63, 3.8) is 0 Å². The molecule has 0 aliphatic rings. The van der Waals surface area contributed by atoms with Gasteiger partial charge in [0.2, 0.25) is 0 Å². The van der Waals surface area contributed by atoms with E-state index >= 15 is 0 Å². The van der Waals surface area contributed by atoms with Gasteiger partial charge in [-0.3, -0.25) is 0 Å². The van der Waals surface area contributed by atoms with Crippen LogP contribution in [0, 0.1) is 0 Å². The van der Waals surface area contributed by atoms with Crippen LogP contribution in [-0.4, -0.2) is 13.2 Å². The van der Waals surface area contributed by atoms with Gasteiger partial charge in [0.25, 0.3) is 0 Å². The van der Waals surface area contributed by atoms with E-state index in [0.717, 1.165) is 29.9 Å². The molecule has 1 heterocycles. The van der Waals surface area contributed by atoms with E-state index in [1.54, 1.807) is 18.4 Å². The zero-order valence-corrected chi connectivity index (χ0v) is 12.8. The molecular formula is C16H21NO2S. The lowest BCUT2D eigenvalue weighted by atomic mass is 10.0. The minimum atomic E-state index is 0.159. The van der Waals surface area contributed by atoms with Crippen LogP contribution in [0.15, 0.2) is 35.0 Å². The molecule has 0 saturated carbocycles. The maximum absolute atomic E-state index is 6.05. The molecule has 0 aliphatic carbocycles. The van der Waals surface area contributed by atoms with Gasteiger partial charge in [-0.1, -0.05) is 13.0 Å². The zero-order valence-electron chi connectivity index (χ0n) is 12.0. The van der Waals surface area contributed by atoms with E-state index in [0.29, 0.717) is 6.61 Å². The Hall–Kier alpha value is -1.52. The van der Waals surface area contributed by atoms with Crippen molar-refractivity contribution < 1.29 is 9.47 Å². The van der Waals surface area contributed by atoms with E-state index in [4.69, 9.17) is 15.2 Å². The minimum absolute atomic E-state index is 0.159. The first kappa shape index (κ1) is 14.9. The fraction of sp³-hybridized carbons (Fsp3) is 0.375. The van der Waals surface area contributed by atoms with Crippen LogP contribution < -0.4 is 15.2 Å². The molecule has 0 amide bonds. The van der Waals surface area contributed by atoms with Crippen LogP contribution in [0.25, 0.3) is 0 Å². The largest absolute Gasteiger partial charge is 0.497 e. The Labute approximate surface area is 124 Å². The van der Waals surface area contributed by atoms with Crippen molar-refractivity contribution in [1.82, 2.24) is 0 Å². The van der Waals surface area contributed by atoms with Gasteiger partial charge in [0, 0.05) is 12.1 Å². The Bertz CT molecular complexity index is 525. The van der Waals surface area contributed by atoms with Crippen molar-refractivity contribution in [1.29, 1.82) is 0 Å². The van der Waals surface area contributed by atoms with Crippen molar-refractivity contribution in [2.45, 2.75) is 32.4 Å². The molecule has 3 nitrogen and oxygen atoms in total. The van der Waals surface area contributed by atoms with Gasteiger partial charge in [-0.05, 0) is 46.9 Å². The van der Waals surface area contributed by atoms with E-state index in [1.807, 2.05) is 18.2 Å². The van der Waals surface area contributed by atoms with Gasteiger partial charge in [0.1, 0.15) is 18.1 Å². The lowest BCUT2D eigenvalue weighted by Gasteiger charge is -2.15. The average Bonchev–Trinajstić information content (AvgIpc) is 2.99. The maximum Gasteiger partial charge on any atom is 0.126 e. The van der Waals surface area contributed by atoms with Gasteiger partial charge >= 0.3 is 0 Å². The van der Waals surface area contributed by atoms with Crippen molar-refractivity contribution in [3.8, 4) is 11.5 Å². The summed E-state index contributed by atoms with van der Waals surface area (Å²) in [6.45, 7) is 2.67. The molecule has 20 heavy (non-hydrogen) atoms. The molecule has 0 aliphatic heterocycles. The molecule has 0 spiro atoms. The van der Waals surface area contributed by atoms with Gasteiger partial charge in [-0.2, -0.15) is 11.3 Å². The van der Waals surface area contributed by atoms with Crippen LogP contribution in [0.3, 0.4) is 0 Å². The highest BCUT2D eigenvalue weighted by atomic mass is 32.1. The van der Waals surface area contributed by atoms with Gasteiger partial charge in [-0.15, -0.1) is 0 Å². The first-order valence-corrected chi connectivity index (χ1v) is 7.73. The molecule has 0 radical (unpaired) electrons. The third-order valence-electron chi connectivity index (χ3n) is 3.26. The standard InChI is InChI=1S/C16H21NO2S/c1-3-14(17)8-13-4-5-15(18-2)9-16(13)19-10-12-6-7-20-11-12/h4-7,9,11,14H,3,8,10,17H2,1-2H3. The molecule has 1 atom stereocenters. The predicted octanol–water partition coefficient (Wildman–Crippen LogP) is 3.62. The van der Waals surface area contributed by atoms with Crippen LogP contribution in [0.4, 0.5) is 0 Å². The highest BCUT2D eigenvalue weighted by molar-refractivity contribution is 7.07. The Morgan fingerprint density at radius 3 is 2.80 bits per heavy atom. The van der Waals surface area contributed by atoms with Gasteiger partial charge < -0.3 is 15.2 Å². The Morgan fingerprint density at radius 1 is 1.30 bits per heavy atom. The van der Waals surface area contributed by atoms with Gasteiger partial charge in [0.15, 0.2) is 0 Å². The fourth-order valence-corrected chi connectivity index (χ4v) is 2.58. The molecule has 1 aromatic carbocycles. The third-order valence-corrected chi connectivity index (χ3v) is 3.99. The van der Waals surface area contributed by atoms with Gasteiger partial charge in [0.05, 0.1) is 7.11 Å². The normalized spacial score (nSPS) is 12.2. The molecule has 0 saturated heterocycles. The topological polar surface area (TPSA) is 44.5 Å². The number of thiophene rings is 1. The second kappa shape index (κ2) is 7.31. The quantitative estimate of drug-likeness (QED) is 0.847. The Balaban J connectivity index is 2.13. The first-order valence-electron chi connectivity index (χ1n) is 6.79. The van der Waals surface area contributed by atoms with Crippen LogP contribution in [0.5, 0.6) is 11.5 Å². The third kappa shape index (κ3) is 3.99. The van der Waals surface area contributed by atoms with Crippen LogP contribution >= 0.6 is 11.3 Å². The molecule has 2 rings (SSSR count). The highest BCUT2D eigenvalue weighted by Gasteiger charge is 2.10. The molecule has 0 fully saturated rings. The van der Waals surface area contributed by atoms with Crippen LogP contribution in [0.1, 0.15) is 24.5 Å². The lowest BCUT2D eigenvalue weighted by Crippen LogP contribution is -2.21. The zero-order chi connectivity index (χ0) is 14.4. The SMILES string of the molecule is CCC(N)Cc1ccc(OC)cc1OCc1ccsc1. The van der Waals surface area contributed by atoms with E-state index in [-0.39, 0.29) is 6.04 Å². The summed E-state index contributed by atoms with van der Waals surface area (Å²) in [5.74, 6) is 1.67. The summed E-state index contributed by atoms with van der Waals surface area (Å²) in [4.78, 5) is 0. The molecule has 1 aromatic heterocycles. The Morgan fingerprint density at radius 2 is 2.15 bits per heavy atom. The van der Waals surface area contributed by atoms with E-state index in [2.05, 4.69) is 23.8 Å². The lowest BCUT2D eigenvalue weighted by molar-refractivity contribution is 0.300. The van der Waals surface area contributed by atoms with E-state index < -0.39 is 0 Å².